The lowest BCUT2D eigenvalue weighted by Crippen LogP contribution is -2.14. The van der Waals surface area contributed by atoms with E-state index in [0.29, 0.717) is 28.0 Å². The summed E-state index contributed by atoms with van der Waals surface area (Å²) in [6, 6.07) is 11.2. The standard InChI is InChI=1S/C21H18O8/c1-2-26-20(24)12-28-14-5-3-13(4-6-14)17-10-29-18-9-15(27-11-19(22)23)7-8-16(18)21(17)25/h3-10H,2,11-12H2,1H3,(H,22,23). The Morgan fingerprint density at radius 1 is 1.00 bits per heavy atom. The van der Waals surface area contributed by atoms with E-state index in [1.807, 2.05) is 0 Å². The number of carbonyl (C=O) groups excluding carboxylic acids is 1. The van der Waals surface area contributed by atoms with Gasteiger partial charge in [-0.2, -0.15) is 0 Å². The second-order valence-corrected chi connectivity index (χ2v) is 5.94. The zero-order valence-electron chi connectivity index (χ0n) is 15.5. The summed E-state index contributed by atoms with van der Waals surface area (Å²) >= 11 is 0. The Kier molecular flexibility index (Phi) is 6.13. The molecule has 0 saturated carbocycles. The first kappa shape index (κ1) is 19.9. The third-order valence-electron chi connectivity index (χ3n) is 3.94. The van der Waals surface area contributed by atoms with Gasteiger partial charge in [-0.05, 0) is 36.8 Å². The summed E-state index contributed by atoms with van der Waals surface area (Å²) in [4.78, 5) is 34.7. The van der Waals surface area contributed by atoms with Gasteiger partial charge in [-0.3, -0.25) is 4.79 Å². The summed E-state index contributed by atoms with van der Waals surface area (Å²) < 4.78 is 20.8. The van der Waals surface area contributed by atoms with Gasteiger partial charge in [0, 0.05) is 6.07 Å². The molecule has 0 saturated heterocycles. The molecule has 3 aromatic rings. The SMILES string of the molecule is CCOC(=O)COc1ccc(-c2coc3cc(OCC(=O)O)ccc3c2=O)cc1. The van der Waals surface area contributed by atoms with Gasteiger partial charge in [-0.1, -0.05) is 12.1 Å². The van der Waals surface area contributed by atoms with Crippen molar-refractivity contribution in [3.05, 3.63) is 59.0 Å². The van der Waals surface area contributed by atoms with Crippen molar-refractivity contribution < 1.29 is 33.3 Å². The maximum absolute atomic E-state index is 12.8. The van der Waals surface area contributed by atoms with Gasteiger partial charge in [-0.15, -0.1) is 0 Å². The highest BCUT2D eigenvalue weighted by Crippen LogP contribution is 2.24. The molecule has 0 aliphatic heterocycles. The van der Waals surface area contributed by atoms with Gasteiger partial charge >= 0.3 is 11.9 Å². The molecule has 0 amide bonds. The highest BCUT2D eigenvalue weighted by molar-refractivity contribution is 5.82. The largest absolute Gasteiger partial charge is 0.482 e. The maximum atomic E-state index is 12.8. The predicted molar refractivity (Wildman–Crippen MR) is 103 cm³/mol. The van der Waals surface area contributed by atoms with Gasteiger partial charge in [0.1, 0.15) is 23.3 Å². The van der Waals surface area contributed by atoms with Crippen LogP contribution in [0, 0.1) is 0 Å². The number of ether oxygens (including phenoxy) is 3. The number of fused-ring (bicyclic) bond motifs is 1. The van der Waals surface area contributed by atoms with Crippen molar-refractivity contribution in [1.29, 1.82) is 0 Å². The highest BCUT2D eigenvalue weighted by Gasteiger charge is 2.11. The molecule has 1 heterocycles. The van der Waals surface area contributed by atoms with E-state index in [9.17, 15) is 14.4 Å². The minimum atomic E-state index is -1.10. The van der Waals surface area contributed by atoms with Crippen molar-refractivity contribution in [2.45, 2.75) is 6.92 Å². The summed E-state index contributed by atoms with van der Waals surface area (Å²) in [5, 5.41) is 9.01. The van der Waals surface area contributed by atoms with Crippen LogP contribution in [0.1, 0.15) is 6.92 Å². The summed E-state index contributed by atoms with van der Waals surface area (Å²) in [5.41, 5.74) is 1.02. The number of benzene rings is 2. The molecule has 0 bridgehead atoms. The highest BCUT2D eigenvalue weighted by atomic mass is 16.6. The average Bonchev–Trinajstić information content (AvgIpc) is 2.72. The van der Waals surface area contributed by atoms with Crippen molar-refractivity contribution in [3.63, 3.8) is 0 Å². The lowest BCUT2D eigenvalue weighted by Gasteiger charge is -2.08. The Bertz CT molecular complexity index is 1080. The number of rotatable bonds is 8. The van der Waals surface area contributed by atoms with E-state index in [1.165, 1.54) is 24.5 Å². The van der Waals surface area contributed by atoms with E-state index in [1.54, 1.807) is 31.2 Å². The second kappa shape index (κ2) is 8.92. The smallest absolute Gasteiger partial charge is 0.344 e. The van der Waals surface area contributed by atoms with Gasteiger partial charge in [0.05, 0.1) is 17.6 Å². The van der Waals surface area contributed by atoms with Crippen LogP contribution in [-0.4, -0.2) is 36.9 Å². The lowest BCUT2D eigenvalue weighted by molar-refractivity contribution is -0.145. The monoisotopic (exact) mass is 398 g/mol. The van der Waals surface area contributed by atoms with Crippen LogP contribution >= 0.6 is 0 Å². The normalized spacial score (nSPS) is 10.5. The zero-order valence-corrected chi connectivity index (χ0v) is 15.5. The summed E-state index contributed by atoms with van der Waals surface area (Å²) in [6.45, 7) is 1.31. The third kappa shape index (κ3) is 4.92. The van der Waals surface area contributed by atoms with Gasteiger partial charge in [0.2, 0.25) is 0 Å². The first-order valence-electron chi connectivity index (χ1n) is 8.77. The van der Waals surface area contributed by atoms with Crippen LogP contribution in [0.2, 0.25) is 0 Å². The lowest BCUT2D eigenvalue weighted by atomic mass is 10.1. The van der Waals surface area contributed by atoms with Crippen LogP contribution < -0.4 is 14.9 Å². The fourth-order valence-corrected chi connectivity index (χ4v) is 2.62. The van der Waals surface area contributed by atoms with Gasteiger partial charge in [-0.25, -0.2) is 9.59 Å². The summed E-state index contributed by atoms with van der Waals surface area (Å²) in [6.07, 6.45) is 1.33. The molecule has 0 aliphatic rings. The van der Waals surface area contributed by atoms with Crippen molar-refractivity contribution in [2.24, 2.45) is 0 Å². The predicted octanol–water partition coefficient (Wildman–Crippen LogP) is 2.87. The van der Waals surface area contributed by atoms with E-state index < -0.39 is 18.5 Å². The van der Waals surface area contributed by atoms with Crippen LogP contribution in [0.3, 0.4) is 0 Å². The van der Waals surface area contributed by atoms with E-state index in [2.05, 4.69) is 0 Å². The van der Waals surface area contributed by atoms with Crippen LogP contribution in [0.4, 0.5) is 0 Å². The van der Waals surface area contributed by atoms with Gasteiger partial charge < -0.3 is 23.7 Å². The molecule has 0 atom stereocenters. The zero-order chi connectivity index (χ0) is 20.8. The molecule has 1 N–H and O–H groups in total. The number of hydrogen-bond donors (Lipinski definition) is 1. The third-order valence-corrected chi connectivity index (χ3v) is 3.94. The Balaban J connectivity index is 1.79. The first-order valence-corrected chi connectivity index (χ1v) is 8.77. The molecule has 8 heteroatoms. The van der Waals surface area contributed by atoms with Crippen molar-refractivity contribution in [3.8, 4) is 22.6 Å². The fourth-order valence-electron chi connectivity index (χ4n) is 2.62. The molecule has 8 nitrogen and oxygen atoms in total. The molecular weight excluding hydrogens is 380 g/mol. The molecule has 2 aromatic carbocycles. The minimum absolute atomic E-state index is 0.197. The Morgan fingerprint density at radius 3 is 2.38 bits per heavy atom. The number of aliphatic carboxylic acids is 1. The fraction of sp³-hybridized carbons (Fsp3) is 0.190. The molecule has 0 spiro atoms. The average molecular weight is 398 g/mol. The van der Waals surface area contributed by atoms with E-state index in [-0.39, 0.29) is 24.2 Å². The van der Waals surface area contributed by atoms with E-state index in [4.69, 9.17) is 23.7 Å². The topological polar surface area (TPSA) is 112 Å². The minimum Gasteiger partial charge on any atom is -0.482 e. The molecule has 3 rings (SSSR count). The Labute approximate surface area is 165 Å². The molecule has 0 aliphatic carbocycles. The van der Waals surface area contributed by atoms with E-state index in [0.717, 1.165) is 0 Å². The van der Waals surface area contributed by atoms with E-state index >= 15 is 0 Å². The van der Waals surface area contributed by atoms with Crippen LogP contribution in [0.5, 0.6) is 11.5 Å². The molecule has 150 valence electrons. The molecule has 0 unspecified atom stereocenters. The molecule has 0 radical (unpaired) electrons. The van der Waals surface area contributed by atoms with Crippen LogP contribution in [-0.2, 0) is 14.3 Å². The van der Waals surface area contributed by atoms with Crippen molar-refractivity contribution >= 4 is 22.9 Å². The van der Waals surface area contributed by atoms with Crippen molar-refractivity contribution in [1.82, 2.24) is 0 Å². The Morgan fingerprint density at radius 2 is 1.69 bits per heavy atom. The molecule has 1 aromatic heterocycles. The van der Waals surface area contributed by atoms with Gasteiger partial charge in [0.15, 0.2) is 18.6 Å². The Hall–Kier alpha value is -3.81. The number of esters is 1. The number of carboxylic acid groups (broad SMARTS) is 1. The quantitative estimate of drug-likeness (QED) is 0.577. The van der Waals surface area contributed by atoms with Gasteiger partial charge in [0.25, 0.3) is 0 Å². The molecule has 29 heavy (non-hydrogen) atoms. The molecular formula is C21H18O8. The summed E-state index contributed by atoms with van der Waals surface area (Å²) in [7, 11) is 0. The van der Waals surface area contributed by atoms with Crippen LogP contribution in [0.15, 0.2) is 57.9 Å². The van der Waals surface area contributed by atoms with Crippen LogP contribution in [0.25, 0.3) is 22.1 Å². The maximum Gasteiger partial charge on any atom is 0.344 e. The molecule has 0 fully saturated rings. The number of carbonyl (C=O) groups is 2. The first-order chi connectivity index (χ1) is 14.0. The number of carboxylic acids is 1. The summed E-state index contributed by atoms with van der Waals surface area (Å²) in [5.74, 6) is -0.805. The second-order valence-electron chi connectivity index (χ2n) is 5.94. The number of hydrogen-bond acceptors (Lipinski definition) is 7. The van der Waals surface area contributed by atoms with Crippen molar-refractivity contribution in [2.75, 3.05) is 19.8 Å².